The van der Waals surface area contributed by atoms with Gasteiger partial charge in [-0.3, -0.25) is 18.8 Å². The Hall–Kier alpha value is -2.87. The van der Waals surface area contributed by atoms with Crippen molar-refractivity contribution < 1.29 is 4.79 Å². The molecule has 0 spiro atoms. The monoisotopic (exact) mass is 386 g/mol. The number of aryl methyl sites for hydroxylation is 1. The third kappa shape index (κ3) is 3.28. The molecule has 4 rings (SSSR count). The van der Waals surface area contributed by atoms with E-state index in [0.29, 0.717) is 42.2 Å². The van der Waals surface area contributed by atoms with E-state index in [1.54, 1.807) is 11.9 Å². The number of aromatic nitrogens is 4. The summed E-state index contributed by atoms with van der Waals surface area (Å²) in [5.74, 6) is -0.0963. The second-order valence-electron chi connectivity index (χ2n) is 6.50. The Morgan fingerprint density at radius 1 is 1.19 bits per heavy atom. The van der Waals surface area contributed by atoms with Crippen molar-refractivity contribution in [2.24, 2.45) is 7.05 Å². The summed E-state index contributed by atoms with van der Waals surface area (Å²) < 4.78 is 2.88. The molecule has 1 fully saturated rings. The molecule has 1 aliphatic rings. The first-order valence-corrected chi connectivity index (χ1v) is 9.07. The lowest BCUT2D eigenvalue weighted by molar-refractivity contribution is -0.132. The summed E-state index contributed by atoms with van der Waals surface area (Å²) in [6.07, 6.45) is 2.89. The van der Waals surface area contributed by atoms with E-state index in [0.717, 1.165) is 5.69 Å². The second-order valence-corrected chi connectivity index (χ2v) is 6.91. The van der Waals surface area contributed by atoms with Crippen molar-refractivity contribution in [2.75, 3.05) is 31.1 Å². The largest absolute Gasteiger partial charge is 0.367 e. The van der Waals surface area contributed by atoms with E-state index in [4.69, 9.17) is 11.6 Å². The molecule has 1 aliphatic heterocycles. The molecule has 0 atom stereocenters. The highest BCUT2D eigenvalue weighted by molar-refractivity contribution is 6.33. The molecule has 0 unspecified atom stereocenters. The number of para-hydroxylation sites is 1. The molecular formula is C18H19ClN6O2. The lowest BCUT2D eigenvalue weighted by Gasteiger charge is -2.36. The first-order valence-electron chi connectivity index (χ1n) is 8.69. The maximum absolute atomic E-state index is 12.6. The van der Waals surface area contributed by atoms with Crippen LogP contribution in [0.15, 0.2) is 41.6 Å². The average molecular weight is 387 g/mol. The number of nitrogens with zero attached hydrogens (tertiary/aromatic N) is 6. The Bertz CT molecular complexity index is 1050. The fourth-order valence-corrected chi connectivity index (χ4v) is 3.59. The summed E-state index contributed by atoms with van der Waals surface area (Å²) in [7, 11) is 1.72. The number of fused-ring (bicyclic) bond motifs is 1. The van der Waals surface area contributed by atoms with Crippen LogP contribution in [0.1, 0.15) is 0 Å². The number of piperazine rings is 1. The van der Waals surface area contributed by atoms with Gasteiger partial charge in [-0.1, -0.05) is 23.7 Å². The van der Waals surface area contributed by atoms with Gasteiger partial charge in [-0.15, -0.1) is 0 Å². The first kappa shape index (κ1) is 17.5. The molecule has 2 aromatic heterocycles. The zero-order chi connectivity index (χ0) is 19.0. The van der Waals surface area contributed by atoms with Crippen molar-refractivity contribution in [1.29, 1.82) is 0 Å². The SMILES string of the molecule is Cn1ncc2c(=O)n(CC(=O)N3CCN(c4ccccc4Cl)CC3)cnc21. The third-order valence-electron chi connectivity index (χ3n) is 4.85. The summed E-state index contributed by atoms with van der Waals surface area (Å²) in [5.41, 5.74) is 1.24. The van der Waals surface area contributed by atoms with E-state index in [9.17, 15) is 9.59 Å². The highest BCUT2D eigenvalue weighted by Gasteiger charge is 2.23. The Morgan fingerprint density at radius 2 is 1.93 bits per heavy atom. The lowest BCUT2D eigenvalue weighted by atomic mass is 10.2. The summed E-state index contributed by atoms with van der Waals surface area (Å²) in [6.45, 7) is 2.54. The summed E-state index contributed by atoms with van der Waals surface area (Å²) >= 11 is 6.26. The zero-order valence-electron chi connectivity index (χ0n) is 14.9. The normalized spacial score (nSPS) is 14.7. The van der Waals surface area contributed by atoms with Crippen molar-refractivity contribution in [1.82, 2.24) is 24.2 Å². The Balaban J connectivity index is 1.44. The maximum Gasteiger partial charge on any atom is 0.264 e. The minimum absolute atomic E-state index is 0.0250. The quantitative estimate of drug-likeness (QED) is 0.674. The summed E-state index contributed by atoms with van der Waals surface area (Å²) in [6, 6.07) is 7.69. The average Bonchev–Trinajstić information content (AvgIpc) is 3.06. The van der Waals surface area contributed by atoms with Gasteiger partial charge in [0.15, 0.2) is 5.65 Å². The molecule has 140 valence electrons. The van der Waals surface area contributed by atoms with Gasteiger partial charge >= 0.3 is 0 Å². The van der Waals surface area contributed by atoms with Crippen molar-refractivity contribution in [3.05, 3.63) is 52.2 Å². The van der Waals surface area contributed by atoms with Crippen LogP contribution in [0.2, 0.25) is 5.02 Å². The van der Waals surface area contributed by atoms with Gasteiger partial charge in [0.2, 0.25) is 5.91 Å². The number of hydrogen-bond donors (Lipinski definition) is 0. The molecule has 1 saturated heterocycles. The maximum atomic E-state index is 12.6. The van der Waals surface area contributed by atoms with Crippen LogP contribution in [0.5, 0.6) is 0 Å². The van der Waals surface area contributed by atoms with Crippen LogP contribution < -0.4 is 10.5 Å². The van der Waals surface area contributed by atoms with E-state index in [1.807, 2.05) is 24.3 Å². The van der Waals surface area contributed by atoms with Gasteiger partial charge in [-0.2, -0.15) is 5.10 Å². The molecule has 0 N–H and O–H groups in total. The number of hydrogen-bond acceptors (Lipinski definition) is 5. The van der Waals surface area contributed by atoms with E-state index < -0.39 is 0 Å². The predicted molar refractivity (Wildman–Crippen MR) is 103 cm³/mol. The Labute approximate surface area is 160 Å². The van der Waals surface area contributed by atoms with Crippen LogP contribution in [-0.4, -0.2) is 56.3 Å². The molecule has 27 heavy (non-hydrogen) atoms. The predicted octanol–water partition coefficient (Wildman–Crippen LogP) is 1.13. The smallest absolute Gasteiger partial charge is 0.264 e. The lowest BCUT2D eigenvalue weighted by Crippen LogP contribution is -2.50. The first-order chi connectivity index (χ1) is 13.0. The fraction of sp³-hybridized carbons (Fsp3) is 0.333. The van der Waals surface area contributed by atoms with Crippen molar-refractivity contribution in [3.8, 4) is 0 Å². The van der Waals surface area contributed by atoms with Crippen molar-refractivity contribution in [2.45, 2.75) is 6.54 Å². The van der Waals surface area contributed by atoms with Gasteiger partial charge in [0.1, 0.15) is 18.3 Å². The number of rotatable bonds is 3. The van der Waals surface area contributed by atoms with E-state index >= 15 is 0 Å². The van der Waals surface area contributed by atoms with Crippen LogP contribution in [0.25, 0.3) is 11.0 Å². The molecule has 0 radical (unpaired) electrons. The number of carbonyl (C=O) groups is 1. The van der Waals surface area contributed by atoms with Crippen LogP contribution in [-0.2, 0) is 18.4 Å². The number of amides is 1. The van der Waals surface area contributed by atoms with Gasteiger partial charge in [0, 0.05) is 33.2 Å². The zero-order valence-corrected chi connectivity index (χ0v) is 15.6. The highest BCUT2D eigenvalue weighted by atomic mass is 35.5. The third-order valence-corrected chi connectivity index (χ3v) is 5.17. The summed E-state index contributed by atoms with van der Waals surface area (Å²) in [5, 5.41) is 5.16. The van der Waals surface area contributed by atoms with Gasteiger partial charge < -0.3 is 9.80 Å². The molecule has 0 saturated carbocycles. The topological polar surface area (TPSA) is 76.3 Å². The number of halogens is 1. The second kappa shape index (κ2) is 7.03. The highest BCUT2D eigenvalue weighted by Crippen LogP contribution is 2.26. The molecule has 1 amide bonds. The van der Waals surface area contributed by atoms with Crippen LogP contribution in [0, 0.1) is 0 Å². The molecule has 3 heterocycles. The van der Waals surface area contributed by atoms with Gasteiger partial charge in [-0.05, 0) is 12.1 Å². The van der Waals surface area contributed by atoms with Crippen LogP contribution >= 0.6 is 11.6 Å². The van der Waals surface area contributed by atoms with Gasteiger partial charge in [0.05, 0.1) is 16.9 Å². The minimum atomic E-state index is -0.254. The number of benzene rings is 1. The number of anilines is 1. The molecule has 0 aliphatic carbocycles. The van der Waals surface area contributed by atoms with Gasteiger partial charge in [-0.25, -0.2) is 4.98 Å². The number of carbonyl (C=O) groups excluding carboxylic acids is 1. The molecule has 3 aromatic rings. The van der Waals surface area contributed by atoms with E-state index in [2.05, 4.69) is 15.0 Å². The van der Waals surface area contributed by atoms with Crippen molar-refractivity contribution >= 4 is 34.2 Å². The van der Waals surface area contributed by atoms with Gasteiger partial charge in [0.25, 0.3) is 5.56 Å². The van der Waals surface area contributed by atoms with Crippen molar-refractivity contribution in [3.63, 3.8) is 0 Å². The molecule has 1 aromatic carbocycles. The summed E-state index contributed by atoms with van der Waals surface area (Å²) in [4.78, 5) is 33.3. The minimum Gasteiger partial charge on any atom is -0.367 e. The van der Waals surface area contributed by atoms with Crippen LogP contribution in [0.4, 0.5) is 5.69 Å². The fourth-order valence-electron chi connectivity index (χ4n) is 3.33. The Morgan fingerprint density at radius 3 is 2.67 bits per heavy atom. The molecular weight excluding hydrogens is 368 g/mol. The molecule has 9 heteroatoms. The van der Waals surface area contributed by atoms with E-state index in [-0.39, 0.29) is 18.0 Å². The van der Waals surface area contributed by atoms with Crippen LogP contribution in [0.3, 0.4) is 0 Å². The van der Waals surface area contributed by atoms with E-state index in [1.165, 1.54) is 21.8 Å². The molecule has 8 nitrogen and oxygen atoms in total. The molecule has 0 bridgehead atoms. The Kier molecular flexibility index (Phi) is 4.57. The standard InChI is InChI=1S/C18H19ClN6O2/c1-22-17-13(10-21-22)18(27)25(12-20-17)11-16(26)24-8-6-23(7-9-24)15-5-3-2-4-14(15)19/h2-5,10,12H,6-9,11H2,1H3.